The van der Waals surface area contributed by atoms with Gasteiger partial charge in [-0.15, -0.1) is 11.3 Å². The summed E-state index contributed by atoms with van der Waals surface area (Å²) < 4.78 is 13.7. The van der Waals surface area contributed by atoms with Crippen LogP contribution in [-0.2, 0) is 11.2 Å². The molecule has 0 N–H and O–H groups in total. The van der Waals surface area contributed by atoms with Crippen LogP contribution in [0.4, 0.5) is 10.1 Å². The number of rotatable bonds is 7. The first-order valence-electron chi connectivity index (χ1n) is 10.0. The fraction of sp³-hybridized carbons (Fsp3) is 0.261. The summed E-state index contributed by atoms with van der Waals surface area (Å²) >= 11 is 2.78. The maximum atomic E-state index is 13.0. The van der Waals surface area contributed by atoms with Crippen LogP contribution in [0.3, 0.4) is 0 Å². The second-order valence-corrected chi connectivity index (χ2v) is 9.28. The Morgan fingerprint density at radius 1 is 1.00 bits per heavy atom. The van der Waals surface area contributed by atoms with E-state index in [9.17, 15) is 14.0 Å². The molecule has 0 aliphatic carbocycles. The second kappa shape index (κ2) is 10.1. The number of thioether (sulfide) groups is 1. The van der Waals surface area contributed by atoms with Crippen molar-refractivity contribution in [3.05, 3.63) is 77.1 Å². The number of carbonyl (C=O) groups is 2. The lowest BCUT2D eigenvalue weighted by Gasteiger charge is -2.36. The van der Waals surface area contributed by atoms with Gasteiger partial charge in [-0.25, -0.2) is 9.37 Å². The van der Waals surface area contributed by atoms with Gasteiger partial charge in [-0.1, -0.05) is 30.0 Å². The quantitative estimate of drug-likeness (QED) is 0.396. The molecule has 1 fully saturated rings. The lowest BCUT2D eigenvalue weighted by atomic mass is 10.1. The number of Topliss-reactive ketones (excluding diaryl/α,β-unsaturated/α-hetero) is 1. The highest BCUT2D eigenvalue weighted by Crippen LogP contribution is 2.24. The number of benzene rings is 2. The zero-order valence-corrected chi connectivity index (χ0v) is 18.5. The van der Waals surface area contributed by atoms with Gasteiger partial charge >= 0.3 is 0 Å². The molecule has 1 aliphatic rings. The maximum absolute atomic E-state index is 13.0. The number of hydrogen-bond acceptors (Lipinski definition) is 6. The van der Waals surface area contributed by atoms with Crippen LogP contribution >= 0.6 is 23.1 Å². The summed E-state index contributed by atoms with van der Waals surface area (Å²) in [5.41, 5.74) is 2.40. The van der Waals surface area contributed by atoms with Crippen LogP contribution < -0.4 is 4.90 Å². The number of aromatic nitrogens is 1. The lowest BCUT2D eigenvalue weighted by Crippen LogP contribution is -2.49. The van der Waals surface area contributed by atoms with Gasteiger partial charge in [0.25, 0.3) is 0 Å². The Balaban J connectivity index is 1.24. The maximum Gasteiger partial charge on any atom is 0.228 e. The van der Waals surface area contributed by atoms with Crippen LogP contribution in [0.5, 0.6) is 0 Å². The molecule has 160 valence electrons. The number of carbonyl (C=O) groups excluding carboxylic acids is 2. The highest BCUT2D eigenvalue weighted by molar-refractivity contribution is 8.01. The normalized spacial score (nSPS) is 14.0. The first kappa shape index (κ1) is 21.5. The van der Waals surface area contributed by atoms with Crippen molar-refractivity contribution in [2.45, 2.75) is 10.8 Å². The molecule has 1 saturated heterocycles. The molecule has 1 aliphatic heterocycles. The third-order valence-corrected chi connectivity index (χ3v) is 7.18. The average molecular weight is 456 g/mol. The van der Waals surface area contributed by atoms with Gasteiger partial charge in [-0.2, -0.15) is 0 Å². The van der Waals surface area contributed by atoms with E-state index in [0.29, 0.717) is 18.7 Å². The number of piperazine rings is 1. The van der Waals surface area contributed by atoms with Gasteiger partial charge in [0.2, 0.25) is 5.91 Å². The number of ketones is 1. The number of para-hydroxylation sites is 1. The minimum atomic E-state index is -0.361. The van der Waals surface area contributed by atoms with Gasteiger partial charge in [-0.05, 0) is 36.4 Å². The molecule has 0 radical (unpaired) electrons. The second-order valence-electron chi connectivity index (χ2n) is 7.20. The van der Waals surface area contributed by atoms with Gasteiger partial charge in [0.05, 0.1) is 17.9 Å². The number of hydrogen-bond donors (Lipinski definition) is 0. The number of nitrogens with zero attached hydrogens (tertiary/aromatic N) is 3. The molecule has 3 aromatic rings. The summed E-state index contributed by atoms with van der Waals surface area (Å²) in [6.45, 7) is 3.04. The minimum absolute atomic E-state index is 0.0749. The summed E-state index contributed by atoms with van der Waals surface area (Å²) in [7, 11) is 0. The van der Waals surface area contributed by atoms with Crippen LogP contribution in [0, 0.1) is 5.82 Å². The molecule has 31 heavy (non-hydrogen) atoms. The molecule has 1 aromatic heterocycles. The molecule has 0 saturated carbocycles. The van der Waals surface area contributed by atoms with Crippen LogP contribution in [0.2, 0.25) is 0 Å². The van der Waals surface area contributed by atoms with Crippen LogP contribution in [-0.4, -0.2) is 53.5 Å². The summed E-state index contributed by atoms with van der Waals surface area (Å²) in [6.07, 6.45) is 0.272. The monoisotopic (exact) mass is 455 g/mol. The molecular formula is C23H22FN3O2S2. The molecule has 5 nitrogen and oxygen atoms in total. The van der Waals surface area contributed by atoms with Crippen molar-refractivity contribution >= 4 is 40.5 Å². The van der Waals surface area contributed by atoms with Crippen molar-refractivity contribution in [1.29, 1.82) is 0 Å². The zero-order valence-electron chi connectivity index (χ0n) is 16.9. The Morgan fingerprint density at radius 2 is 1.71 bits per heavy atom. The van der Waals surface area contributed by atoms with Crippen LogP contribution in [0.1, 0.15) is 16.1 Å². The van der Waals surface area contributed by atoms with E-state index in [4.69, 9.17) is 0 Å². The van der Waals surface area contributed by atoms with Gasteiger partial charge in [0.15, 0.2) is 10.1 Å². The van der Waals surface area contributed by atoms with Crippen molar-refractivity contribution in [1.82, 2.24) is 9.88 Å². The van der Waals surface area contributed by atoms with E-state index >= 15 is 0 Å². The number of anilines is 1. The standard InChI is InChI=1S/C23H22FN3O2S2/c24-18-8-6-17(7-9-18)21(28)16-31-23-25-19(15-30-23)14-22(29)27-12-10-26(11-13-27)20-4-2-1-3-5-20/h1-9,15H,10-14,16H2. The Labute approximate surface area is 188 Å². The zero-order chi connectivity index (χ0) is 21.6. The highest BCUT2D eigenvalue weighted by atomic mass is 32.2. The predicted molar refractivity (Wildman–Crippen MR) is 123 cm³/mol. The van der Waals surface area contributed by atoms with Gasteiger partial charge in [-0.3, -0.25) is 9.59 Å². The Hall–Kier alpha value is -2.71. The Morgan fingerprint density at radius 3 is 2.42 bits per heavy atom. The molecule has 4 rings (SSSR count). The van der Waals surface area contributed by atoms with E-state index in [1.165, 1.54) is 53.1 Å². The molecule has 0 unspecified atom stereocenters. The molecule has 8 heteroatoms. The fourth-order valence-corrected chi connectivity index (χ4v) is 5.14. The lowest BCUT2D eigenvalue weighted by molar-refractivity contribution is -0.130. The van der Waals surface area contributed by atoms with Gasteiger partial charge in [0, 0.05) is 42.8 Å². The van der Waals surface area contributed by atoms with E-state index < -0.39 is 0 Å². The molecule has 0 bridgehead atoms. The number of thiazole rings is 1. The highest BCUT2D eigenvalue weighted by Gasteiger charge is 2.22. The first-order chi connectivity index (χ1) is 15.1. The molecular weight excluding hydrogens is 433 g/mol. The Bertz CT molecular complexity index is 1030. The van der Waals surface area contributed by atoms with Crippen molar-refractivity contribution < 1.29 is 14.0 Å². The molecule has 2 aromatic carbocycles. The van der Waals surface area contributed by atoms with Crippen molar-refractivity contribution in [3.63, 3.8) is 0 Å². The SMILES string of the molecule is O=C(CSc1nc(CC(=O)N2CCN(c3ccccc3)CC2)cs1)c1ccc(F)cc1. The molecule has 0 spiro atoms. The number of amides is 1. The van der Waals surface area contributed by atoms with Crippen LogP contribution in [0.15, 0.2) is 64.3 Å². The third kappa shape index (κ3) is 5.71. The topological polar surface area (TPSA) is 53.5 Å². The smallest absolute Gasteiger partial charge is 0.228 e. The van der Waals surface area contributed by atoms with E-state index in [0.717, 1.165) is 23.1 Å². The van der Waals surface area contributed by atoms with E-state index in [2.05, 4.69) is 22.0 Å². The van der Waals surface area contributed by atoms with E-state index in [1.54, 1.807) is 0 Å². The number of halogens is 1. The molecule has 0 atom stereocenters. The Kier molecular flexibility index (Phi) is 6.99. The summed E-state index contributed by atoms with van der Waals surface area (Å²) in [6, 6.07) is 15.8. The van der Waals surface area contributed by atoms with Crippen molar-refractivity contribution in [3.8, 4) is 0 Å². The fourth-order valence-electron chi connectivity index (χ4n) is 3.40. The summed E-state index contributed by atoms with van der Waals surface area (Å²) in [5.74, 6) is -0.125. The van der Waals surface area contributed by atoms with Gasteiger partial charge < -0.3 is 9.80 Å². The van der Waals surface area contributed by atoms with Crippen molar-refractivity contribution in [2.75, 3.05) is 36.8 Å². The molecule has 1 amide bonds. The van der Waals surface area contributed by atoms with E-state index in [1.807, 2.05) is 28.5 Å². The average Bonchev–Trinajstić information content (AvgIpc) is 3.26. The largest absolute Gasteiger partial charge is 0.368 e. The van der Waals surface area contributed by atoms with Crippen LogP contribution in [0.25, 0.3) is 0 Å². The molecule has 2 heterocycles. The third-order valence-electron chi connectivity index (χ3n) is 5.11. The predicted octanol–water partition coefficient (Wildman–Crippen LogP) is 4.15. The van der Waals surface area contributed by atoms with Crippen molar-refractivity contribution in [2.24, 2.45) is 0 Å². The first-order valence-corrected chi connectivity index (χ1v) is 11.9. The minimum Gasteiger partial charge on any atom is -0.368 e. The van der Waals surface area contributed by atoms with Gasteiger partial charge in [0.1, 0.15) is 5.82 Å². The summed E-state index contributed by atoms with van der Waals surface area (Å²) in [5, 5.41) is 1.88. The van der Waals surface area contributed by atoms with E-state index in [-0.39, 0.29) is 29.7 Å². The summed E-state index contributed by atoms with van der Waals surface area (Å²) in [4.78, 5) is 33.6.